The average Bonchev–Trinajstić information content (AvgIpc) is 3.15. The predicted molar refractivity (Wildman–Crippen MR) is 117 cm³/mol. The third-order valence-electron chi connectivity index (χ3n) is 4.30. The Hall–Kier alpha value is -2.93. The molecular formula is C21H13Cl3N4O2. The SMILES string of the molecule is O=C(Cc1c(Cl)cccc1Cl)Nc1onc(-c2ccc(Cl)cc2)c1-c1ccncn1. The Kier molecular flexibility index (Phi) is 5.99. The summed E-state index contributed by atoms with van der Waals surface area (Å²) in [5, 5.41) is 8.30. The van der Waals surface area contributed by atoms with E-state index in [4.69, 9.17) is 39.3 Å². The van der Waals surface area contributed by atoms with Crippen LogP contribution >= 0.6 is 34.8 Å². The van der Waals surface area contributed by atoms with E-state index in [0.29, 0.717) is 37.6 Å². The van der Waals surface area contributed by atoms with Crippen molar-refractivity contribution < 1.29 is 9.32 Å². The first-order valence-corrected chi connectivity index (χ1v) is 9.91. The molecule has 0 saturated carbocycles. The van der Waals surface area contributed by atoms with Crippen molar-refractivity contribution in [1.29, 1.82) is 0 Å². The van der Waals surface area contributed by atoms with Crippen molar-refractivity contribution in [3.63, 3.8) is 0 Å². The molecule has 0 bridgehead atoms. The molecule has 0 fully saturated rings. The van der Waals surface area contributed by atoms with Crippen molar-refractivity contribution in [1.82, 2.24) is 15.1 Å². The Morgan fingerprint density at radius 1 is 1.00 bits per heavy atom. The summed E-state index contributed by atoms with van der Waals surface area (Å²) in [4.78, 5) is 20.9. The lowest BCUT2D eigenvalue weighted by Crippen LogP contribution is -2.15. The number of halogens is 3. The molecule has 0 aliphatic carbocycles. The van der Waals surface area contributed by atoms with Crippen molar-refractivity contribution in [3.05, 3.63) is 81.7 Å². The molecule has 6 nitrogen and oxygen atoms in total. The van der Waals surface area contributed by atoms with Crippen LogP contribution in [0.4, 0.5) is 5.88 Å². The van der Waals surface area contributed by atoms with Gasteiger partial charge in [0.1, 0.15) is 12.0 Å². The van der Waals surface area contributed by atoms with Crippen LogP contribution in [0.2, 0.25) is 15.1 Å². The quantitative estimate of drug-likeness (QED) is 0.399. The second-order valence-corrected chi connectivity index (χ2v) is 7.51. The van der Waals surface area contributed by atoms with Crippen LogP contribution in [0, 0.1) is 0 Å². The van der Waals surface area contributed by atoms with Gasteiger partial charge in [0.2, 0.25) is 11.8 Å². The van der Waals surface area contributed by atoms with Crippen molar-refractivity contribution in [2.24, 2.45) is 0 Å². The van der Waals surface area contributed by atoms with Gasteiger partial charge >= 0.3 is 0 Å². The van der Waals surface area contributed by atoms with E-state index < -0.39 is 0 Å². The maximum Gasteiger partial charge on any atom is 0.241 e. The maximum atomic E-state index is 12.7. The summed E-state index contributed by atoms with van der Waals surface area (Å²) in [6.07, 6.45) is 2.97. The summed E-state index contributed by atoms with van der Waals surface area (Å²) in [6.45, 7) is 0. The van der Waals surface area contributed by atoms with Gasteiger partial charge in [-0.2, -0.15) is 0 Å². The Morgan fingerprint density at radius 2 is 1.73 bits per heavy atom. The lowest BCUT2D eigenvalue weighted by Gasteiger charge is -2.08. The van der Waals surface area contributed by atoms with Gasteiger partial charge in [-0.1, -0.05) is 58.2 Å². The van der Waals surface area contributed by atoms with E-state index in [1.807, 2.05) is 0 Å². The van der Waals surface area contributed by atoms with Crippen LogP contribution < -0.4 is 5.32 Å². The number of benzene rings is 2. The van der Waals surface area contributed by atoms with E-state index in [-0.39, 0.29) is 18.2 Å². The fourth-order valence-corrected chi connectivity index (χ4v) is 3.55. The second-order valence-electron chi connectivity index (χ2n) is 6.26. The molecule has 9 heteroatoms. The highest BCUT2D eigenvalue weighted by atomic mass is 35.5. The van der Waals surface area contributed by atoms with Crippen molar-refractivity contribution in [3.8, 4) is 22.5 Å². The van der Waals surface area contributed by atoms with Gasteiger partial charge in [-0.05, 0) is 35.9 Å². The molecule has 4 rings (SSSR count). The number of hydrogen-bond donors (Lipinski definition) is 1. The van der Waals surface area contributed by atoms with Gasteiger partial charge in [0, 0.05) is 26.8 Å². The summed E-state index contributed by atoms with van der Waals surface area (Å²) in [5.74, 6) is -0.203. The lowest BCUT2D eigenvalue weighted by molar-refractivity contribution is -0.115. The van der Waals surface area contributed by atoms with Crippen molar-refractivity contribution in [2.75, 3.05) is 5.32 Å². The molecule has 150 valence electrons. The Morgan fingerprint density at radius 3 is 2.40 bits per heavy atom. The van der Waals surface area contributed by atoms with Crippen LogP contribution in [0.3, 0.4) is 0 Å². The van der Waals surface area contributed by atoms with Crippen molar-refractivity contribution in [2.45, 2.75) is 6.42 Å². The van der Waals surface area contributed by atoms with E-state index in [1.165, 1.54) is 6.33 Å². The predicted octanol–water partition coefficient (Wildman–Crippen LogP) is 5.94. The third-order valence-corrected chi connectivity index (χ3v) is 5.26. The van der Waals surface area contributed by atoms with Crippen molar-refractivity contribution >= 4 is 46.6 Å². The second kappa shape index (κ2) is 8.83. The number of nitrogens with zero attached hydrogens (tertiary/aromatic N) is 3. The molecular weight excluding hydrogens is 447 g/mol. The highest BCUT2D eigenvalue weighted by Gasteiger charge is 2.23. The van der Waals surface area contributed by atoms with E-state index >= 15 is 0 Å². The topological polar surface area (TPSA) is 80.9 Å². The van der Waals surface area contributed by atoms with Gasteiger partial charge in [0.25, 0.3) is 0 Å². The molecule has 0 radical (unpaired) electrons. The molecule has 1 amide bonds. The molecule has 4 aromatic rings. The van der Waals surface area contributed by atoms with Crippen LogP contribution in [0.1, 0.15) is 5.56 Å². The number of hydrogen-bond acceptors (Lipinski definition) is 5. The first-order chi connectivity index (χ1) is 14.5. The number of amides is 1. The molecule has 1 N–H and O–H groups in total. The van der Waals surface area contributed by atoms with Gasteiger partial charge in [-0.25, -0.2) is 9.97 Å². The van der Waals surface area contributed by atoms with Gasteiger partial charge in [-0.3, -0.25) is 10.1 Å². The van der Waals surface area contributed by atoms with Crippen LogP contribution in [0.5, 0.6) is 0 Å². The molecule has 2 aromatic carbocycles. The number of rotatable bonds is 5. The van der Waals surface area contributed by atoms with Gasteiger partial charge < -0.3 is 4.52 Å². The van der Waals surface area contributed by atoms with Crippen LogP contribution in [-0.4, -0.2) is 21.0 Å². The molecule has 0 saturated heterocycles. The highest BCUT2D eigenvalue weighted by Crippen LogP contribution is 2.37. The minimum absolute atomic E-state index is 0.0291. The molecule has 0 spiro atoms. The van der Waals surface area contributed by atoms with E-state index in [9.17, 15) is 4.79 Å². The summed E-state index contributed by atoms with van der Waals surface area (Å²) >= 11 is 18.3. The molecule has 0 atom stereocenters. The largest absolute Gasteiger partial charge is 0.337 e. The Labute approximate surface area is 186 Å². The van der Waals surface area contributed by atoms with Crippen LogP contribution in [0.25, 0.3) is 22.5 Å². The third kappa shape index (κ3) is 4.31. The number of carbonyl (C=O) groups is 1. The molecule has 0 unspecified atom stereocenters. The standard InChI is InChI=1S/C21H13Cl3N4O2/c22-13-6-4-12(5-7-13)20-19(17-8-9-25-11-26-17)21(30-28-20)27-18(29)10-14-15(23)2-1-3-16(14)24/h1-9,11H,10H2,(H,27,29). The minimum atomic E-state index is -0.362. The molecule has 30 heavy (non-hydrogen) atoms. The Bertz CT molecular complexity index is 1170. The molecule has 0 aliphatic rings. The maximum absolute atomic E-state index is 12.7. The van der Waals surface area contributed by atoms with E-state index in [0.717, 1.165) is 5.56 Å². The Balaban J connectivity index is 1.70. The normalized spacial score (nSPS) is 10.8. The first kappa shape index (κ1) is 20.3. The molecule has 2 aromatic heterocycles. The van der Waals surface area contributed by atoms with Gasteiger partial charge in [0.05, 0.1) is 17.7 Å². The zero-order chi connectivity index (χ0) is 21.1. The van der Waals surface area contributed by atoms with Crippen LogP contribution in [-0.2, 0) is 11.2 Å². The summed E-state index contributed by atoms with van der Waals surface area (Å²) in [5.41, 5.74) is 2.86. The highest BCUT2D eigenvalue weighted by molar-refractivity contribution is 6.36. The zero-order valence-electron chi connectivity index (χ0n) is 15.3. The summed E-state index contributed by atoms with van der Waals surface area (Å²) in [7, 11) is 0. The summed E-state index contributed by atoms with van der Waals surface area (Å²) < 4.78 is 5.46. The van der Waals surface area contributed by atoms with E-state index in [1.54, 1.807) is 54.7 Å². The summed E-state index contributed by atoms with van der Waals surface area (Å²) in [6, 6.07) is 13.9. The lowest BCUT2D eigenvalue weighted by atomic mass is 10.0. The van der Waals surface area contributed by atoms with Gasteiger partial charge in [0.15, 0.2) is 0 Å². The number of carbonyl (C=O) groups excluding carboxylic acids is 1. The number of aromatic nitrogens is 3. The number of anilines is 1. The van der Waals surface area contributed by atoms with Gasteiger partial charge in [-0.15, -0.1) is 0 Å². The monoisotopic (exact) mass is 458 g/mol. The fourth-order valence-electron chi connectivity index (χ4n) is 2.89. The molecule has 2 heterocycles. The number of nitrogens with one attached hydrogen (secondary N) is 1. The fraction of sp³-hybridized carbons (Fsp3) is 0.0476. The zero-order valence-corrected chi connectivity index (χ0v) is 17.5. The average molecular weight is 460 g/mol. The first-order valence-electron chi connectivity index (χ1n) is 8.77. The van der Waals surface area contributed by atoms with Crippen LogP contribution in [0.15, 0.2) is 65.6 Å². The molecule has 0 aliphatic heterocycles. The minimum Gasteiger partial charge on any atom is -0.337 e. The smallest absolute Gasteiger partial charge is 0.241 e. The van der Waals surface area contributed by atoms with E-state index in [2.05, 4.69) is 20.4 Å².